The molecule has 0 saturated carbocycles. The van der Waals surface area contributed by atoms with E-state index in [0.29, 0.717) is 6.42 Å². The Hall–Kier alpha value is -1.43. The van der Waals surface area contributed by atoms with E-state index in [1.54, 1.807) is 4.90 Å². The van der Waals surface area contributed by atoms with E-state index in [1.807, 2.05) is 27.7 Å². The van der Waals surface area contributed by atoms with E-state index >= 15 is 0 Å². The summed E-state index contributed by atoms with van der Waals surface area (Å²) in [6.07, 6.45) is 10.8. The van der Waals surface area contributed by atoms with Crippen molar-refractivity contribution in [3.63, 3.8) is 0 Å². The highest BCUT2D eigenvalue weighted by Crippen LogP contribution is 2.11. The van der Waals surface area contributed by atoms with E-state index in [-0.39, 0.29) is 30.3 Å². The topological polar surface area (TPSA) is 92.5 Å². The lowest BCUT2D eigenvalue weighted by atomic mass is 10.1. The summed E-state index contributed by atoms with van der Waals surface area (Å²) < 4.78 is 0. The zero-order valence-electron chi connectivity index (χ0n) is 18.8. The van der Waals surface area contributed by atoms with Gasteiger partial charge in [-0.25, -0.2) is 0 Å². The minimum absolute atomic E-state index is 0.00916. The first-order chi connectivity index (χ1) is 13.2. The van der Waals surface area contributed by atoms with E-state index in [4.69, 9.17) is 5.73 Å². The first-order valence-electron chi connectivity index (χ1n) is 11.1. The molecule has 3 amide bonds. The molecule has 0 heterocycles. The molecule has 0 fully saturated rings. The third-order valence-corrected chi connectivity index (χ3v) is 4.88. The van der Waals surface area contributed by atoms with Crippen LogP contribution in [0, 0.1) is 0 Å². The van der Waals surface area contributed by atoms with Gasteiger partial charge in [-0.1, -0.05) is 58.3 Å². The van der Waals surface area contributed by atoms with Crippen molar-refractivity contribution in [3.05, 3.63) is 0 Å². The molecule has 28 heavy (non-hydrogen) atoms. The van der Waals surface area contributed by atoms with Gasteiger partial charge in [0.25, 0.3) is 0 Å². The molecule has 6 nitrogen and oxygen atoms in total. The van der Waals surface area contributed by atoms with E-state index in [0.717, 1.165) is 19.3 Å². The number of carbonyl (C=O) groups is 3. The van der Waals surface area contributed by atoms with Crippen molar-refractivity contribution in [2.45, 2.75) is 123 Å². The third kappa shape index (κ3) is 12.1. The maximum atomic E-state index is 12.4. The average molecular weight is 398 g/mol. The Balaban J connectivity index is 3.99. The van der Waals surface area contributed by atoms with E-state index < -0.39 is 11.9 Å². The Morgan fingerprint density at radius 2 is 1.25 bits per heavy atom. The summed E-state index contributed by atoms with van der Waals surface area (Å²) >= 11 is 0. The van der Waals surface area contributed by atoms with Gasteiger partial charge in [0.1, 0.15) is 0 Å². The van der Waals surface area contributed by atoms with Crippen molar-refractivity contribution in [3.8, 4) is 0 Å². The van der Waals surface area contributed by atoms with Crippen molar-refractivity contribution in [2.24, 2.45) is 5.73 Å². The van der Waals surface area contributed by atoms with E-state index in [9.17, 15) is 14.4 Å². The van der Waals surface area contributed by atoms with Crippen LogP contribution in [0.3, 0.4) is 0 Å². The Labute approximate surface area is 172 Å². The van der Waals surface area contributed by atoms with Gasteiger partial charge in [0.2, 0.25) is 17.7 Å². The van der Waals surface area contributed by atoms with Crippen LogP contribution >= 0.6 is 0 Å². The molecule has 6 heteroatoms. The van der Waals surface area contributed by atoms with Gasteiger partial charge in [0, 0.05) is 18.5 Å². The summed E-state index contributed by atoms with van der Waals surface area (Å²) in [5.41, 5.74) is 5.91. The van der Waals surface area contributed by atoms with Crippen LogP contribution in [0.1, 0.15) is 105 Å². The van der Waals surface area contributed by atoms with Gasteiger partial charge >= 0.3 is 0 Å². The predicted molar refractivity (Wildman–Crippen MR) is 115 cm³/mol. The van der Waals surface area contributed by atoms with Gasteiger partial charge in [-0.05, 0) is 34.1 Å². The maximum Gasteiger partial charge on any atom is 0.240 e. The summed E-state index contributed by atoms with van der Waals surface area (Å²) in [7, 11) is 0. The van der Waals surface area contributed by atoms with Crippen LogP contribution < -0.4 is 11.1 Å². The van der Waals surface area contributed by atoms with Gasteiger partial charge < -0.3 is 10.6 Å². The molecule has 0 spiro atoms. The van der Waals surface area contributed by atoms with E-state index in [1.165, 1.54) is 38.5 Å². The Bertz CT molecular complexity index is 456. The molecule has 3 N–H and O–H groups in total. The number of nitrogens with zero attached hydrogens (tertiary/aromatic N) is 1. The fourth-order valence-corrected chi connectivity index (χ4v) is 3.45. The van der Waals surface area contributed by atoms with Crippen LogP contribution in [0.2, 0.25) is 0 Å². The Morgan fingerprint density at radius 1 is 0.786 bits per heavy atom. The first kappa shape index (κ1) is 26.6. The van der Waals surface area contributed by atoms with Crippen molar-refractivity contribution in [2.75, 3.05) is 0 Å². The van der Waals surface area contributed by atoms with Gasteiger partial charge in [-0.2, -0.15) is 0 Å². The molecule has 1 atom stereocenters. The van der Waals surface area contributed by atoms with Gasteiger partial charge in [0.15, 0.2) is 0 Å². The lowest BCUT2D eigenvalue weighted by molar-refractivity contribution is -0.139. The second-order valence-electron chi connectivity index (χ2n) is 8.29. The van der Waals surface area contributed by atoms with Crippen LogP contribution in [-0.4, -0.2) is 40.7 Å². The van der Waals surface area contributed by atoms with Crippen LogP contribution in [-0.2, 0) is 14.4 Å². The van der Waals surface area contributed by atoms with Crippen LogP contribution in [0.5, 0.6) is 0 Å². The van der Waals surface area contributed by atoms with Crippen molar-refractivity contribution < 1.29 is 14.4 Å². The van der Waals surface area contributed by atoms with Crippen molar-refractivity contribution in [1.29, 1.82) is 0 Å². The molecule has 0 bridgehead atoms. The van der Waals surface area contributed by atoms with Gasteiger partial charge in [-0.3, -0.25) is 19.7 Å². The summed E-state index contributed by atoms with van der Waals surface area (Å²) in [5, 5.41) is 2.36. The summed E-state index contributed by atoms with van der Waals surface area (Å²) in [6.45, 7) is 9.88. The predicted octanol–water partition coefficient (Wildman–Crippen LogP) is 3.91. The number of hydrogen-bond acceptors (Lipinski definition) is 4. The third-order valence-electron chi connectivity index (χ3n) is 4.88. The zero-order valence-corrected chi connectivity index (χ0v) is 18.8. The fraction of sp³-hybridized carbons (Fsp3) is 0.864. The highest BCUT2D eigenvalue weighted by atomic mass is 16.2. The largest absolute Gasteiger partial charge is 0.336 e. The SMILES string of the molecule is CCCCCCCCCCCC(=O)NC(=O)CC(N)C(=O)N(C(C)C)C(C)C. The molecule has 0 saturated heterocycles. The quantitative estimate of drug-likeness (QED) is 0.410. The molecule has 0 aromatic heterocycles. The highest BCUT2D eigenvalue weighted by molar-refractivity contribution is 5.97. The molecular formula is C22H43N3O3. The molecule has 164 valence electrons. The smallest absolute Gasteiger partial charge is 0.240 e. The summed E-state index contributed by atoms with van der Waals surface area (Å²) in [5.74, 6) is -1.02. The Kier molecular flexibility index (Phi) is 14.7. The second kappa shape index (κ2) is 15.5. The monoisotopic (exact) mass is 397 g/mol. The van der Waals surface area contributed by atoms with Gasteiger partial charge in [0.05, 0.1) is 12.5 Å². The summed E-state index contributed by atoms with van der Waals surface area (Å²) in [6, 6.07) is -0.907. The minimum Gasteiger partial charge on any atom is -0.336 e. The van der Waals surface area contributed by atoms with Crippen molar-refractivity contribution >= 4 is 17.7 Å². The lowest BCUT2D eigenvalue weighted by Gasteiger charge is -2.32. The second-order valence-corrected chi connectivity index (χ2v) is 8.29. The van der Waals surface area contributed by atoms with Gasteiger partial charge in [-0.15, -0.1) is 0 Å². The number of imide groups is 1. The number of unbranched alkanes of at least 4 members (excludes halogenated alkanes) is 8. The minimum atomic E-state index is -0.926. The first-order valence-corrected chi connectivity index (χ1v) is 11.1. The number of carbonyl (C=O) groups excluding carboxylic acids is 3. The molecule has 1 unspecified atom stereocenters. The van der Waals surface area contributed by atoms with Crippen molar-refractivity contribution in [1.82, 2.24) is 10.2 Å². The summed E-state index contributed by atoms with van der Waals surface area (Å²) in [4.78, 5) is 38.0. The number of rotatable bonds is 15. The zero-order chi connectivity index (χ0) is 21.5. The fourth-order valence-electron chi connectivity index (χ4n) is 3.45. The van der Waals surface area contributed by atoms with Crippen LogP contribution in [0.4, 0.5) is 0 Å². The average Bonchev–Trinajstić information content (AvgIpc) is 2.59. The number of nitrogens with two attached hydrogens (primary N) is 1. The number of hydrogen-bond donors (Lipinski definition) is 2. The molecule has 0 aliphatic carbocycles. The molecule has 0 rings (SSSR count). The van der Waals surface area contributed by atoms with Crippen LogP contribution in [0.15, 0.2) is 0 Å². The standard InChI is InChI=1S/C22H43N3O3/c1-6-7-8-9-10-11-12-13-14-15-20(26)24-21(27)16-19(23)22(28)25(17(2)3)18(4)5/h17-19H,6-16,23H2,1-5H3,(H,24,26,27). The molecule has 0 aromatic carbocycles. The number of nitrogens with one attached hydrogen (secondary N) is 1. The van der Waals surface area contributed by atoms with Crippen LogP contribution in [0.25, 0.3) is 0 Å². The molecule has 0 radical (unpaired) electrons. The maximum absolute atomic E-state index is 12.4. The number of amides is 3. The Morgan fingerprint density at radius 3 is 1.71 bits per heavy atom. The highest BCUT2D eigenvalue weighted by Gasteiger charge is 2.27. The molecule has 0 aromatic rings. The molecule has 0 aliphatic heterocycles. The normalized spacial score (nSPS) is 12.3. The van der Waals surface area contributed by atoms with E-state index in [2.05, 4.69) is 12.2 Å². The molecular weight excluding hydrogens is 354 g/mol. The molecule has 0 aliphatic rings. The lowest BCUT2D eigenvalue weighted by Crippen LogP contribution is -2.51.